The smallest absolute Gasteiger partial charge is 0.136 e. The molecule has 0 atom stereocenters. The Morgan fingerprint density at radius 2 is 2.23 bits per heavy atom. The molecule has 0 bridgehead atoms. The van der Waals surface area contributed by atoms with Crippen molar-refractivity contribution < 1.29 is 4.74 Å². The molecule has 13 heavy (non-hydrogen) atoms. The fourth-order valence-corrected chi connectivity index (χ4v) is 2.10. The van der Waals surface area contributed by atoms with Crippen molar-refractivity contribution in [2.45, 2.75) is 13.0 Å². The lowest BCUT2D eigenvalue weighted by atomic mass is 10.1. The van der Waals surface area contributed by atoms with Crippen LogP contribution in [0.2, 0.25) is 0 Å². The van der Waals surface area contributed by atoms with Crippen LogP contribution in [0.1, 0.15) is 11.1 Å². The van der Waals surface area contributed by atoms with Gasteiger partial charge < -0.3 is 10.5 Å². The predicted molar refractivity (Wildman–Crippen MR) is 58.5 cm³/mol. The third-order valence-corrected chi connectivity index (χ3v) is 2.62. The van der Waals surface area contributed by atoms with E-state index in [0.717, 1.165) is 28.8 Å². The molecule has 1 aromatic carbocycles. The molecule has 4 heteroatoms. The zero-order valence-corrected chi connectivity index (χ0v) is 9.45. The first-order valence-corrected chi connectivity index (χ1v) is 4.74. The highest BCUT2D eigenvalue weighted by Gasteiger charge is 2.15. The molecular weight excluding hydrogens is 253 g/mol. The Labute approximate surface area is 92.0 Å². The van der Waals surface area contributed by atoms with Crippen molar-refractivity contribution in [2.24, 2.45) is 5.73 Å². The predicted octanol–water partition coefficient (Wildman–Crippen LogP) is 2.26. The van der Waals surface area contributed by atoms with Crippen molar-refractivity contribution >= 4 is 28.3 Å². The summed E-state index contributed by atoms with van der Waals surface area (Å²) in [7, 11) is 0. The lowest BCUT2D eigenvalue weighted by Crippen LogP contribution is -1.96. The fraction of sp³-hybridized carbons (Fsp3) is 0.333. The van der Waals surface area contributed by atoms with Crippen LogP contribution in [-0.4, -0.2) is 6.61 Å². The van der Waals surface area contributed by atoms with Gasteiger partial charge in [-0.15, -0.1) is 12.4 Å². The number of fused-ring (bicyclic) bond motifs is 1. The van der Waals surface area contributed by atoms with Gasteiger partial charge in [-0.1, -0.05) is 6.07 Å². The van der Waals surface area contributed by atoms with E-state index in [4.69, 9.17) is 10.5 Å². The molecule has 0 aromatic heterocycles. The van der Waals surface area contributed by atoms with E-state index in [1.54, 1.807) is 0 Å². The van der Waals surface area contributed by atoms with E-state index in [9.17, 15) is 0 Å². The van der Waals surface area contributed by atoms with Crippen molar-refractivity contribution in [1.29, 1.82) is 0 Å². The second kappa shape index (κ2) is 4.31. The van der Waals surface area contributed by atoms with Crippen LogP contribution in [0.3, 0.4) is 0 Å². The van der Waals surface area contributed by atoms with E-state index in [1.165, 1.54) is 5.56 Å². The molecule has 1 aliphatic rings. The third-order valence-electron chi connectivity index (χ3n) is 2.03. The SMILES string of the molecule is Cl.NCc1cc(Br)c2c(c1)CCO2. The molecule has 2 rings (SSSR count). The van der Waals surface area contributed by atoms with E-state index in [0.29, 0.717) is 6.54 Å². The largest absolute Gasteiger partial charge is 0.492 e. The molecule has 1 aliphatic heterocycles. The van der Waals surface area contributed by atoms with Crippen LogP contribution in [0.4, 0.5) is 0 Å². The highest BCUT2D eigenvalue weighted by atomic mass is 79.9. The van der Waals surface area contributed by atoms with E-state index in [1.807, 2.05) is 6.07 Å². The van der Waals surface area contributed by atoms with Gasteiger partial charge >= 0.3 is 0 Å². The molecule has 0 saturated heterocycles. The lowest BCUT2D eigenvalue weighted by molar-refractivity contribution is 0.355. The molecule has 1 aromatic rings. The van der Waals surface area contributed by atoms with E-state index in [2.05, 4.69) is 22.0 Å². The lowest BCUT2D eigenvalue weighted by Gasteiger charge is -2.04. The van der Waals surface area contributed by atoms with E-state index >= 15 is 0 Å². The molecule has 0 radical (unpaired) electrons. The number of rotatable bonds is 1. The quantitative estimate of drug-likeness (QED) is 0.844. The van der Waals surface area contributed by atoms with Crippen molar-refractivity contribution in [3.05, 3.63) is 27.7 Å². The number of benzene rings is 1. The zero-order chi connectivity index (χ0) is 8.55. The minimum absolute atomic E-state index is 0. The summed E-state index contributed by atoms with van der Waals surface area (Å²) in [5, 5.41) is 0. The normalized spacial score (nSPS) is 13.1. The molecule has 0 fully saturated rings. The summed E-state index contributed by atoms with van der Waals surface area (Å²) in [6.45, 7) is 1.38. The molecule has 2 nitrogen and oxygen atoms in total. The van der Waals surface area contributed by atoms with Gasteiger partial charge in [0.05, 0.1) is 11.1 Å². The van der Waals surface area contributed by atoms with E-state index < -0.39 is 0 Å². The first-order valence-electron chi connectivity index (χ1n) is 3.95. The van der Waals surface area contributed by atoms with Gasteiger partial charge in [-0.05, 0) is 33.1 Å². The molecule has 2 N–H and O–H groups in total. The molecule has 0 unspecified atom stereocenters. The van der Waals surface area contributed by atoms with Gasteiger partial charge in [0.1, 0.15) is 5.75 Å². The molecule has 1 heterocycles. The van der Waals surface area contributed by atoms with Crippen molar-refractivity contribution in [1.82, 2.24) is 0 Å². The van der Waals surface area contributed by atoms with Crippen LogP contribution in [0, 0.1) is 0 Å². The van der Waals surface area contributed by atoms with Crippen LogP contribution in [-0.2, 0) is 13.0 Å². The standard InChI is InChI=1S/C9H10BrNO.ClH/c10-8-4-6(5-11)3-7-1-2-12-9(7)8;/h3-4H,1-2,5,11H2;1H. The average molecular weight is 265 g/mol. The number of nitrogens with two attached hydrogens (primary N) is 1. The van der Waals surface area contributed by atoms with Crippen molar-refractivity contribution in [3.63, 3.8) is 0 Å². The highest BCUT2D eigenvalue weighted by Crippen LogP contribution is 2.34. The maximum atomic E-state index is 5.55. The summed E-state index contributed by atoms with van der Waals surface area (Å²) >= 11 is 3.46. The van der Waals surface area contributed by atoms with Gasteiger partial charge in [0, 0.05) is 13.0 Å². The maximum absolute atomic E-state index is 5.55. The van der Waals surface area contributed by atoms with E-state index in [-0.39, 0.29) is 12.4 Å². The van der Waals surface area contributed by atoms with Gasteiger partial charge in [-0.2, -0.15) is 0 Å². The Kier molecular flexibility index (Phi) is 3.59. The van der Waals surface area contributed by atoms with Gasteiger partial charge in [0.2, 0.25) is 0 Å². The summed E-state index contributed by atoms with van der Waals surface area (Å²) in [6.07, 6.45) is 1.00. The van der Waals surface area contributed by atoms with Gasteiger partial charge in [-0.25, -0.2) is 0 Å². The van der Waals surface area contributed by atoms with Crippen LogP contribution in [0.5, 0.6) is 5.75 Å². The van der Waals surface area contributed by atoms with Gasteiger partial charge in [-0.3, -0.25) is 0 Å². The topological polar surface area (TPSA) is 35.2 Å². The van der Waals surface area contributed by atoms with Crippen LogP contribution in [0.25, 0.3) is 0 Å². The number of hydrogen-bond donors (Lipinski definition) is 1. The first kappa shape index (κ1) is 10.8. The minimum atomic E-state index is 0. The second-order valence-corrected chi connectivity index (χ2v) is 3.72. The summed E-state index contributed by atoms with van der Waals surface area (Å²) in [5.74, 6) is 0.993. The maximum Gasteiger partial charge on any atom is 0.136 e. The summed E-state index contributed by atoms with van der Waals surface area (Å²) < 4.78 is 6.47. The molecule has 0 amide bonds. The van der Waals surface area contributed by atoms with Crippen molar-refractivity contribution in [3.8, 4) is 5.75 Å². The van der Waals surface area contributed by atoms with Gasteiger partial charge in [0.15, 0.2) is 0 Å². The summed E-state index contributed by atoms with van der Waals surface area (Å²) in [5.41, 5.74) is 7.98. The average Bonchev–Trinajstić information content (AvgIpc) is 2.52. The number of hydrogen-bond acceptors (Lipinski definition) is 2. The molecule has 0 saturated carbocycles. The Bertz CT molecular complexity index is 317. The van der Waals surface area contributed by atoms with Crippen LogP contribution in [0.15, 0.2) is 16.6 Å². The van der Waals surface area contributed by atoms with Gasteiger partial charge in [0.25, 0.3) is 0 Å². The fourth-order valence-electron chi connectivity index (χ4n) is 1.44. The van der Waals surface area contributed by atoms with Crippen LogP contribution >= 0.6 is 28.3 Å². The molecular formula is C9H11BrClNO. The van der Waals surface area contributed by atoms with Crippen molar-refractivity contribution in [2.75, 3.05) is 6.61 Å². The third kappa shape index (κ3) is 1.98. The Balaban J connectivity index is 0.000000845. The summed E-state index contributed by atoms with van der Waals surface area (Å²) in [6, 6.07) is 4.14. The highest BCUT2D eigenvalue weighted by molar-refractivity contribution is 9.10. The number of ether oxygens (including phenoxy) is 1. The minimum Gasteiger partial charge on any atom is -0.492 e. The number of halogens is 2. The Morgan fingerprint density at radius 1 is 1.46 bits per heavy atom. The second-order valence-electron chi connectivity index (χ2n) is 2.87. The summed E-state index contributed by atoms with van der Waals surface area (Å²) in [4.78, 5) is 0. The molecule has 72 valence electrons. The molecule has 0 spiro atoms. The Hall–Kier alpha value is -0.250. The first-order chi connectivity index (χ1) is 5.81. The Morgan fingerprint density at radius 3 is 2.92 bits per heavy atom. The zero-order valence-electron chi connectivity index (χ0n) is 7.05. The molecule has 0 aliphatic carbocycles. The van der Waals surface area contributed by atoms with Crippen LogP contribution < -0.4 is 10.5 Å². The monoisotopic (exact) mass is 263 g/mol.